The highest BCUT2D eigenvalue weighted by atomic mass is 32.2. The Morgan fingerprint density at radius 2 is 1.69 bits per heavy atom. The number of sulfonamides is 1. The van der Waals surface area contributed by atoms with Crippen molar-refractivity contribution in [2.24, 2.45) is 5.10 Å². The summed E-state index contributed by atoms with van der Waals surface area (Å²) in [7, 11) is -2.17. The SMILES string of the molecule is COc1cc(C=NNS(=O)(=O)c2ccc(C)cc2)ccc1OCc1ccccc1. The van der Waals surface area contributed by atoms with Crippen molar-refractivity contribution < 1.29 is 17.9 Å². The minimum atomic E-state index is -3.71. The van der Waals surface area contributed by atoms with Crippen LogP contribution in [-0.4, -0.2) is 21.7 Å². The predicted molar refractivity (Wildman–Crippen MR) is 113 cm³/mol. The normalized spacial score (nSPS) is 11.4. The molecular formula is C22H22N2O4S. The van der Waals surface area contributed by atoms with Crippen LogP contribution in [0.5, 0.6) is 11.5 Å². The van der Waals surface area contributed by atoms with E-state index in [0.717, 1.165) is 11.1 Å². The Balaban J connectivity index is 1.67. The molecule has 0 atom stereocenters. The summed E-state index contributed by atoms with van der Waals surface area (Å²) in [5, 5.41) is 3.85. The van der Waals surface area contributed by atoms with Gasteiger partial charge in [0.2, 0.25) is 0 Å². The summed E-state index contributed by atoms with van der Waals surface area (Å²) in [6, 6.07) is 21.6. The van der Waals surface area contributed by atoms with E-state index in [-0.39, 0.29) is 4.90 Å². The van der Waals surface area contributed by atoms with E-state index in [1.165, 1.54) is 18.3 Å². The zero-order valence-corrected chi connectivity index (χ0v) is 17.0. The number of nitrogens with zero attached hydrogens (tertiary/aromatic N) is 1. The van der Waals surface area contributed by atoms with E-state index >= 15 is 0 Å². The molecule has 0 aromatic heterocycles. The van der Waals surface area contributed by atoms with Crippen molar-refractivity contribution in [1.29, 1.82) is 0 Å². The molecule has 3 rings (SSSR count). The summed E-state index contributed by atoms with van der Waals surface area (Å²) in [4.78, 5) is 2.37. The van der Waals surface area contributed by atoms with Gasteiger partial charge in [-0.25, -0.2) is 4.83 Å². The molecule has 0 aliphatic carbocycles. The molecular weight excluding hydrogens is 388 g/mol. The summed E-state index contributed by atoms with van der Waals surface area (Å²) in [5.41, 5.74) is 2.69. The maximum atomic E-state index is 12.3. The third kappa shape index (κ3) is 5.58. The van der Waals surface area contributed by atoms with Crippen molar-refractivity contribution >= 4 is 16.2 Å². The molecule has 0 bridgehead atoms. The van der Waals surface area contributed by atoms with Crippen molar-refractivity contribution in [2.45, 2.75) is 18.4 Å². The monoisotopic (exact) mass is 410 g/mol. The first-order valence-electron chi connectivity index (χ1n) is 8.94. The summed E-state index contributed by atoms with van der Waals surface area (Å²) >= 11 is 0. The van der Waals surface area contributed by atoms with Gasteiger partial charge >= 0.3 is 0 Å². The predicted octanol–water partition coefficient (Wildman–Crippen LogP) is 3.90. The average Bonchev–Trinajstić information content (AvgIpc) is 2.73. The van der Waals surface area contributed by atoms with E-state index in [9.17, 15) is 8.42 Å². The average molecular weight is 410 g/mol. The Bertz CT molecular complexity index is 1080. The largest absolute Gasteiger partial charge is 0.493 e. The van der Waals surface area contributed by atoms with E-state index in [0.29, 0.717) is 23.7 Å². The van der Waals surface area contributed by atoms with Gasteiger partial charge in [-0.1, -0.05) is 48.0 Å². The number of ether oxygens (including phenoxy) is 2. The van der Waals surface area contributed by atoms with Crippen LogP contribution in [-0.2, 0) is 16.6 Å². The van der Waals surface area contributed by atoms with Crippen molar-refractivity contribution in [3.05, 3.63) is 89.5 Å². The number of hydrogen-bond donors (Lipinski definition) is 1. The number of hydrazone groups is 1. The molecule has 150 valence electrons. The van der Waals surface area contributed by atoms with Crippen molar-refractivity contribution in [1.82, 2.24) is 4.83 Å². The lowest BCUT2D eigenvalue weighted by molar-refractivity contribution is 0.284. The summed E-state index contributed by atoms with van der Waals surface area (Å²) in [5.74, 6) is 1.13. The molecule has 0 aliphatic heterocycles. The Hall–Kier alpha value is -3.32. The number of benzene rings is 3. The van der Waals surface area contributed by atoms with Gasteiger partial charge in [-0.05, 0) is 48.4 Å². The second kappa shape index (κ2) is 9.25. The quantitative estimate of drug-likeness (QED) is 0.451. The van der Waals surface area contributed by atoms with Crippen LogP contribution in [0.3, 0.4) is 0 Å². The van der Waals surface area contributed by atoms with Crippen LogP contribution in [0.4, 0.5) is 0 Å². The summed E-state index contributed by atoms with van der Waals surface area (Å²) in [6.07, 6.45) is 1.41. The van der Waals surface area contributed by atoms with Gasteiger partial charge in [-0.3, -0.25) is 0 Å². The molecule has 6 nitrogen and oxygen atoms in total. The van der Waals surface area contributed by atoms with E-state index in [2.05, 4.69) is 9.93 Å². The molecule has 0 radical (unpaired) electrons. The molecule has 0 aliphatic rings. The van der Waals surface area contributed by atoms with Gasteiger partial charge in [0.25, 0.3) is 10.0 Å². The molecule has 0 unspecified atom stereocenters. The third-order valence-electron chi connectivity index (χ3n) is 4.14. The molecule has 1 N–H and O–H groups in total. The van der Waals surface area contributed by atoms with Crippen LogP contribution < -0.4 is 14.3 Å². The highest BCUT2D eigenvalue weighted by molar-refractivity contribution is 7.89. The van der Waals surface area contributed by atoms with Crippen LogP contribution in [0.2, 0.25) is 0 Å². The fraction of sp³-hybridized carbons (Fsp3) is 0.136. The molecule has 3 aromatic carbocycles. The lowest BCUT2D eigenvalue weighted by atomic mass is 10.2. The van der Waals surface area contributed by atoms with Crippen molar-refractivity contribution in [3.8, 4) is 11.5 Å². The van der Waals surface area contributed by atoms with E-state index in [1.807, 2.05) is 37.3 Å². The Labute approximate surface area is 170 Å². The topological polar surface area (TPSA) is 77.0 Å². The minimum absolute atomic E-state index is 0.155. The van der Waals surface area contributed by atoms with Crippen LogP contribution in [0.1, 0.15) is 16.7 Å². The molecule has 0 fully saturated rings. The fourth-order valence-electron chi connectivity index (χ4n) is 2.56. The zero-order valence-electron chi connectivity index (χ0n) is 16.2. The standard InChI is InChI=1S/C22H22N2O4S/c1-17-8-11-20(12-9-17)29(25,26)24-23-15-19-10-13-21(22(14-19)27-2)28-16-18-6-4-3-5-7-18/h3-15,24H,16H2,1-2H3. The summed E-state index contributed by atoms with van der Waals surface area (Å²) in [6.45, 7) is 2.31. The number of aryl methyl sites for hydroxylation is 1. The highest BCUT2D eigenvalue weighted by Crippen LogP contribution is 2.28. The van der Waals surface area contributed by atoms with Gasteiger partial charge in [0, 0.05) is 0 Å². The lowest BCUT2D eigenvalue weighted by Gasteiger charge is -2.11. The van der Waals surface area contributed by atoms with Gasteiger partial charge < -0.3 is 9.47 Å². The Kier molecular flexibility index (Phi) is 6.51. The zero-order chi connectivity index (χ0) is 20.7. The van der Waals surface area contributed by atoms with Crippen LogP contribution in [0.15, 0.2) is 82.8 Å². The number of hydrogen-bond acceptors (Lipinski definition) is 5. The first kappa shape index (κ1) is 20.4. The van der Waals surface area contributed by atoms with Crippen molar-refractivity contribution in [2.75, 3.05) is 7.11 Å². The van der Waals surface area contributed by atoms with Gasteiger partial charge in [0.15, 0.2) is 11.5 Å². The van der Waals surface area contributed by atoms with E-state index < -0.39 is 10.0 Å². The molecule has 0 saturated carbocycles. The molecule has 3 aromatic rings. The molecule has 0 spiro atoms. The molecule has 29 heavy (non-hydrogen) atoms. The fourth-order valence-corrected chi connectivity index (χ4v) is 3.35. The van der Waals surface area contributed by atoms with E-state index in [4.69, 9.17) is 9.47 Å². The third-order valence-corrected chi connectivity index (χ3v) is 5.38. The number of methoxy groups -OCH3 is 1. The maximum absolute atomic E-state index is 12.3. The van der Waals surface area contributed by atoms with Crippen LogP contribution in [0, 0.1) is 6.92 Å². The summed E-state index contributed by atoms with van der Waals surface area (Å²) < 4.78 is 35.7. The molecule has 7 heteroatoms. The molecule has 0 heterocycles. The first-order valence-corrected chi connectivity index (χ1v) is 10.4. The van der Waals surface area contributed by atoms with Crippen LogP contribution >= 0.6 is 0 Å². The molecule has 0 saturated heterocycles. The Morgan fingerprint density at radius 1 is 0.966 bits per heavy atom. The first-order chi connectivity index (χ1) is 14.0. The maximum Gasteiger partial charge on any atom is 0.276 e. The lowest BCUT2D eigenvalue weighted by Crippen LogP contribution is -2.18. The molecule has 0 amide bonds. The van der Waals surface area contributed by atoms with Gasteiger partial charge in [-0.15, -0.1) is 0 Å². The Morgan fingerprint density at radius 3 is 2.38 bits per heavy atom. The number of rotatable bonds is 8. The second-order valence-corrected chi connectivity index (χ2v) is 8.01. The smallest absolute Gasteiger partial charge is 0.276 e. The van der Waals surface area contributed by atoms with E-state index in [1.54, 1.807) is 37.4 Å². The minimum Gasteiger partial charge on any atom is -0.493 e. The van der Waals surface area contributed by atoms with Crippen molar-refractivity contribution in [3.63, 3.8) is 0 Å². The second-order valence-electron chi connectivity index (χ2n) is 6.35. The van der Waals surface area contributed by atoms with Gasteiger partial charge in [0.1, 0.15) is 6.61 Å². The highest BCUT2D eigenvalue weighted by Gasteiger charge is 2.12. The number of nitrogens with one attached hydrogen (secondary N) is 1. The van der Waals surface area contributed by atoms with Gasteiger partial charge in [0.05, 0.1) is 18.2 Å². The van der Waals surface area contributed by atoms with Crippen LogP contribution in [0.25, 0.3) is 0 Å². The van der Waals surface area contributed by atoms with Gasteiger partial charge in [-0.2, -0.15) is 13.5 Å².